The van der Waals surface area contributed by atoms with Gasteiger partial charge >= 0.3 is 5.97 Å². The zero-order chi connectivity index (χ0) is 15.2. The van der Waals surface area contributed by atoms with Crippen LogP contribution >= 0.6 is 0 Å². The van der Waals surface area contributed by atoms with Gasteiger partial charge in [-0.1, -0.05) is 12.1 Å². The van der Waals surface area contributed by atoms with E-state index in [9.17, 15) is 4.79 Å². The summed E-state index contributed by atoms with van der Waals surface area (Å²) in [4.78, 5) is 13.5. The summed E-state index contributed by atoms with van der Waals surface area (Å²) in [6.45, 7) is 1.41. The summed E-state index contributed by atoms with van der Waals surface area (Å²) in [6, 6.07) is 9.90. The number of nitrogens with one attached hydrogen (secondary N) is 1. The molecule has 2 aromatic rings. The molecule has 0 saturated heterocycles. The molecule has 1 N–H and O–H groups in total. The molecular weight excluding hydrogens is 268 g/mol. The maximum Gasteiger partial charge on any atom is 0.341 e. The Morgan fingerprint density at radius 1 is 1.33 bits per heavy atom. The first-order chi connectivity index (χ1) is 10.1. The number of anilines is 1. The van der Waals surface area contributed by atoms with E-state index in [0.717, 1.165) is 12.2 Å². The van der Waals surface area contributed by atoms with E-state index in [-0.39, 0.29) is 0 Å². The number of esters is 1. The number of rotatable bonds is 6. The van der Waals surface area contributed by atoms with Crippen LogP contribution in [0.15, 0.2) is 41.0 Å². The molecule has 0 radical (unpaired) electrons. The van der Waals surface area contributed by atoms with E-state index in [4.69, 9.17) is 4.42 Å². The fourth-order valence-corrected chi connectivity index (χ4v) is 2.03. The Morgan fingerprint density at radius 3 is 2.86 bits per heavy atom. The van der Waals surface area contributed by atoms with Crippen LogP contribution in [0.2, 0.25) is 0 Å². The Bertz CT molecular complexity index is 605. The van der Waals surface area contributed by atoms with E-state index < -0.39 is 5.97 Å². The van der Waals surface area contributed by atoms with Crippen molar-refractivity contribution < 1.29 is 13.9 Å². The summed E-state index contributed by atoms with van der Waals surface area (Å²) in [6.07, 6.45) is 1.41. The second-order valence-electron chi connectivity index (χ2n) is 5.08. The van der Waals surface area contributed by atoms with Crippen molar-refractivity contribution in [2.24, 2.45) is 0 Å². The Kier molecular flexibility index (Phi) is 5.00. The van der Waals surface area contributed by atoms with Gasteiger partial charge in [-0.2, -0.15) is 0 Å². The number of carbonyl (C=O) groups excluding carboxylic acids is 1. The first-order valence-electron chi connectivity index (χ1n) is 6.72. The lowest BCUT2D eigenvalue weighted by atomic mass is 10.2. The minimum Gasteiger partial charge on any atom is -0.467 e. The molecule has 0 aliphatic heterocycles. The number of nitrogens with zero attached hydrogens (tertiary/aromatic N) is 1. The molecule has 1 aromatic carbocycles. The monoisotopic (exact) mass is 288 g/mol. The molecule has 5 nitrogen and oxygen atoms in total. The van der Waals surface area contributed by atoms with Gasteiger partial charge in [0.25, 0.3) is 0 Å². The van der Waals surface area contributed by atoms with E-state index in [2.05, 4.69) is 27.1 Å². The normalized spacial score (nSPS) is 10.7. The van der Waals surface area contributed by atoms with Crippen LogP contribution < -0.4 is 5.32 Å². The number of hydrogen-bond acceptors (Lipinski definition) is 5. The molecule has 1 aromatic heterocycles. The van der Waals surface area contributed by atoms with Crippen molar-refractivity contribution in [3.8, 4) is 0 Å². The van der Waals surface area contributed by atoms with Gasteiger partial charge in [0.05, 0.1) is 19.2 Å². The second-order valence-corrected chi connectivity index (χ2v) is 5.08. The van der Waals surface area contributed by atoms with Crippen LogP contribution in [0.3, 0.4) is 0 Å². The lowest BCUT2D eigenvalue weighted by Crippen LogP contribution is -2.10. The summed E-state index contributed by atoms with van der Waals surface area (Å²) < 4.78 is 9.97. The van der Waals surface area contributed by atoms with Gasteiger partial charge in [0.2, 0.25) is 0 Å². The maximum atomic E-state index is 11.3. The van der Waals surface area contributed by atoms with Crippen molar-refractivity contribution in [3.05, 3.63) is 53.5 Å². The zero-order valence-corrected chi connectivity index (χ0v) is 12.6. The van der Waals surface area contributed by atoms with E-state index in [0.29, 0.717) is 17.9 Å². The van der Waals surface area contributed by atoms with Crippen LogP contribution in [-0.2, 0) is 17.8 Å². The SMILES string of the molecule is COC(=O)c1coc(CNc2cccc(CN(C)C)c2)c1. The molecule has 112 valence electrons. The predicted molar refractivity (Wildman–Crippen MR) is 81.2 cm³/mol. The highest BCUT2D eigenvalue weighted by molar-refractivity contribution is 5.88. The van der Waals surface area contributed by atoms with Crippen molar-refractivity contribution in [3.63, 3.8) is 0 Å². The molecule has 0 saturated carbocycles. The number of carbonyl (C=O) groups is 1. The second kappa shape index (κ2) is 6.95. The average Bonchev–Trinajstić information content (AvgIpc) is 2.93. The van der Waals surface area contributed by atoms with Gasteiger partial charge < -0.3 is 19.4 Å². The van der Waals surface area contributed by atoms with E-state index >= 15 is 0 Å². The number of methoxy groups -OCH3 is 1. The van der Waals surface area contributed by atoms with Gasteiger partial charge in [0.1, 0.15) is 12.0 Å². The highest BCUT2D eigenvalue weighted by Crippen LogP contribution is 2.15. The van der Waals surface area contributed by atoms with Crippen molar-refractivity contribution in [1.29, 1.82) is 0 Å². The number of benzene rings is 1. The van der Waals surface area contributed by atoms with Gasteiger partial charge in [0.15, 0.2) is 0 Å². The third-order valence-electron chi connectivity index (χ3n) is 2.97. The molecule has 0 bridgehead atoms. The standard InChI is InChI=1S/C16H20N2O3/c1-18(2)10-12-5-4-6-14(7-12)17-9-15-8-13(11-21-15)16(19)20-3/h4-8,11,17H,9-10H2,1-3H3. The number of hydrogen-bond donors (Lipinski definition) is 1. The molecule has 0 atom stereocenters. The molecule has 5 heteroatoms. The number of ether oxygens (including phenoxy) is 1. The van der Waals surface area contributed by atoms with E-state index in [1.54, 1.807) is 6.07 Å². The maximum absolute atomic E-state index is 11.3. The van der Waals surface area contributed by atoms with Crippen LogP contribution in [0.4, 0.5) is 5.69 Å². The first-order valence-corrected chi connectivity index (χ1v) is 6.72. The molecule has 0 spiro atoms. The van der Waals surface area contributed by atoms with Crippen LogP contribution in [0.1, 0.15) is 21.7 Å². The van der Waals surface area contributed by atoms with Crippen molar-refractivity contribution in [1.82, 2.24) is 4.90 Å². The Balaban J connectivity index is 1.96. The molecule has 0 fully saturated rings. The van der Waals surface area contributed by atoms with Crippen LogP contribution in [-0.4, -0.2) is 32.1 Å². The van der Waals surface area contributed by atoms with Crippen molar-refractivity contribution in [2.45, 2.75) is 13.1 Å². The van der Waals surface area contributed by atoms with E-state index in [1.165, 1.54) is 18.9 Å². The molecule has 2 rings (SSSR count). The minimum absolute atomic E-state index is 0.391. The topological polar surface area (TPSA) is 54.7 Å². The quantitative estimate of drug-likeness (QED) is 0.828. The fourth-order valence-electron chi connectivity index (χ4n) is 2.03. The first kappa shape index (κ1) is 15.1. The molecule has 0 aliphatic rings. The Hall–Kier alpha value is -2.27. The summed E-state index contributed by atoms with van der Waals surface area (Å²) in [5.41, 5.74) is 2.68. The van der Waals surface area contributed by atoms with Gasteiger partial charge in [-0.25, -0.2) is 4.79 Å². The van der Waals surface area contributed by atoms with E-state index in [1.807, 2.05) is 26.2 Å². The van der Waals surface area contributed by atoms with Gasteiger partial charge in [-0.15, -0.1) is 0 Å². The highest BCUT2D eigenvalue weighted by atomic mass is 16.5. The Morgan fingerprint density at radius 2 is 2.14 bits per heavy atom. The molecule has 0 amide bonds. The molecule has 21 heavy (non-hydrogen) atoms. The third-order valence-corrected chi connectivity index (χ3v) is 2.97. The largest absolute Gasteiger partial charge is 0.467 e. The smallest absolute Gasteiger partial charge is 0.341 e. The molecular formula is C16H20N2O3. The highest BCUT2D eigenvalue weighted by Gasteiger charge is 2.09. The lowest BCUT2D eigenvalue weighted by molar-refractivity contribution is 0.0600. The summed E-state index contributed by atoms with van der Waals surface area (Å²) in [7, 11) is 5.43. The zero-order valence-electron chi connectivity index (χ0n) is 12.6. The van der Waals surface area contributed by atoms with Crippen molar-refractivity contribution >= 4 is 11.7 Å². The van der Waals surface area contributed by atoms with Crippen molar-refractivity contribution in [2.75, 3.05) is 26.5 Å². The minimum atomic E-state index is -0.391. The molecule has 0 unspecified atom stereocenters. The summed E-state index contributed by atoms with van der Waals surface area (Å²) in [5, 5.41) is 3.28. The van der Waals surface area contributed by atoms with Crippen LogP contribution in [0.5, 0.6) is 0 Å². The number of furan rings is 1. The Labute approximate surface area is 124 Å². The van der Waals surface area contributed by atoms with Crippen LogP contribution in [0, 0.1) is 0 Å². The molecule has 1 heterocycles. The average molecular weight is 288 g/mol. The van der Waals surface area contributed by atoms with Gasteiger partial charge in [-0.05, 0) is 37.9 Å². The van der Waals surface area contributed by atoms with Gasteiger partial charge in [0, 0.05) is 12.2 Å². The predicted octanol–water partition coefficient (Wildman–Crippen LogP) is 2.74. The molecule has 0 aliphatic carbocycles. The fraction of sp³-hybridized carbons (Fsp3) is 0.312. The summed E-state index contributed by atoms with van der Waals surface area (Å²) in [5.74, 6) is 0.298. The summed E-state index contributed by atoms with van der Waals surface area (Å²) >= 11 is 0. The van der Waals surface area contributed by atoms with Crippen LogP contribution in [0.25, 0.3) is 0 Å². The third kappa shape index (κ3) is 4.36. The lowest BCUT2D eigenvalue weighted by Gasteiger charge is -2.11. The van der Waals surface area contributed by atoms with Gasteiger partial charge in [-0.3, -0.25) is 0 Å².